The summed E-state index contributed by atoms with van der Waals surface area (Å²) in [5, 5.41) is 0. The molecule has 0 heterocycles. The number of ether oxygens (including phenoxy) is 1. The van der Waals surface area contributed by atoms with Crippen LogP contribution in [-0.2, 0) is 4.74 Å². The molecule has 0 aromatic carbocycles. The van der Waals surface area contributed by atoms with Crippen LogP contribution in [0.25, 0.3) is 0 Å². The smallest absolute Gasteiger partial charge is 0.137 e. The minimum absolute atomic E-state index is 0.251. The molecule has 3 N–H and O–H groups in total. The average Bonchev–Trinajstić information content (AvgIpc) is 1.86. The third-order valence-corrected chi connectivity index (χ3v) is 0.862. The number of hydrogen-bond acceptors (Lipinski definition) is 3. The SMILES string of the molecule is COCC(=NC(C)C)NN. The van der Waals surface area contributed by atoms with Gasteiger partial charge in [-0.15, -0.1) is 0 Å². The minimum atomic E-state index is 0.251. The first kappa shape index (κ1) is 9.39. The molecule has 0 radical (unpaired) electrons. The fourth-order valence-corrected chi connectivity index (χ4v) is 0.565. The van der Waals surface area contributed by atoms with Crippen LogP contribution in [0, 0.1) is 0 Å². The van der Waals surface area contributed by atoms with Crippen LogP contribution >= 0.6 is 0 Å². The maximum Gasteiger partial charge on any atom is 0.137 e. The van der Waals surface area contributed by atoms with Crippen LogP contribution < -0.4 is 11.3 Å². The molecular weight excluding hydrogens is 130 g/mol. The summed E-state index contributed by atoms with van der Waals surface area (Å²) in [7, 11) is 1.60. The molecule has 0 spiro atoms. The molecule has 0 saturated carbocycles. The Kier molecular flexibility index (Phi) is 4.88. The Hall–Kier alpha value is -0.610. The van der Waals surface area contributed by atoms with Crippen LogP contribution in [0.3, 0.4) is 0 Å². The number of rotatable bonds is 3. The van der Waals surface area contributed by atoms with Crippen LogP contribution in [0.5, 0.6) is 0 Å². The highest BCUT2D eigenvalue weighted by Gasteiger charge is 1.95. The molecule has 0 aliphatic heterocycles. The van der Waals surface area contributed by atoms with E-state index >= 15 is 0 Å². The molecule has 0 aliphatic rings. The maximum absolute atomic E-state index is 5.15. The van der Waals surface area contributed by atoms with Crippen molar-refractivity contribution in [2.24, 2.45) is 10.8 Å². The fourth-order valence-electron chi connectivity index (χ4n) is 0.565. The summed E-state index contributed by atoms with van der Waals surface area (Å²) in [4.78, 5) is 4.14. The first-order valence-electron chi connectivity index (χ1n) is 3.23. The summed E-state index contributed by atoms with van der Waals surface area (Å²) in [5.74, 6) is 5.82. The second-order valence-electron chi connectivity index (χ2n) is 2.25. The Morgan fingerprint density at radius 3 is 2.60 bits per heavy atom. The summed E-state index contributed by atoms with van der Waals surface area (Å²) >= 11 is 0. The lowest BCUT2D eigenvalue weighted by Gasteiger charge is -2.05. The lowest BCUT2D eigenvalue weighted by molar-refractivity contribution is 0.242. The Morgan fingerprint density at radius 2 is 2.30 bits per heavy atom. The number of methoxy groups -OCH3 is 1. The van der Waals surface area contributed by atoms with Crippen molar-refractivity contribution in [3.8, 4) is 0 Å². The normalized spacial score (nSPS) is 12.3. The molecule has 0 aromatic rings. The minimum Gasteiger partial charge on any atom is -0.377 e. The summed E-state index contributed by atoms with van der Waals surface area (Å²) in [6.45, 7) is 4.40. The standard InChI is InChI=1S/C6H15N3O/c1-5(2)8-6(9-7)4-10-3/h5H,4,7H2,1-3H3,(H,8,9). The van der Waals surface area contributed by atoms with Crippen molar-refractivity contribution in [1.82, 2.24) is 5.43 Å². The molecule has 0 aromatic heterocycles. The lowest BCUT2D eigenvalue weighted by Crippen LogP contribution is -2.34. The zero-order chi connectivity index (χ0) is 7.98. The molecule has 0 amide bonds. The van der Waals surface area contributed by atoms with E-state index in [2.05, 4.69) is 10.4 Å². The van der Waals surface area contributed by atoms with Gasteiger partial charge in [0.25, 0.3) is 0 Å². The van der Waals surface area contributed by atoms with Gasteiger partial charge in [0, 0.05) is 13.2 Å². The third-order valence-electron chi connectivity index (χ3n) is 0.862. The topological polar surface area (TPSA) is 59.6 Å². The van der Waals surface area contributed by atoms with Crippen molar-refractivity contribution < 1.29 is 4.74 Å². The van der Waals surface area contributed by atoms with Crippen LogP contribution in [0.4, 0.5) is 0 Å². The van der Waals surface area contributed by atoms with Gasteiger partial charge in [0.1, 0.15) is 12.4 Å². The Balaban J connectivity index is 3.78. The summed E-state index contributed by atoms with van der Waals surface area (Å²) in [6.07, 6.45) is 0. The molecule has 4 heteroatoms. The zero-order valence-corrected chi connectivity index (χ0v) is 6.72. The maximum atomic E-state index is 5.15. The predicted molar refractivity (Wildman–Crippen MR) is 41.8 cm³/mol. The number of nitrogens with zero attached hydrogens (tertiary/aromatic N) is 1. The van der Waals surface area contributed by atoms with Crippen LogP contribution in [0.1, 0.15) is 13.8 Å². The Labute approximate surface area is 61.4 Å². The number of hydrogen-bond donors (Lipinski definition) is 2. The van der Waals surface area contributed by atoms with E-state index < -0.39 is 0 Å². The van der Waals surface area contributed by atoms with Gasteiger partial charge in [-0.3, -0.25) is 4.99 Å². The van der Waals surface area contributed by atoms with Gasteiger partial charge in [-0.2, -0.15) is 0 Å². The van der Waals surface area contributed by atoms with Gasteiger partial charge in [0.05, 0.1) is 0 Å². The molecule has 10 heavy (non-hydrogen) atoms. The van der Waals surface area contributed by atoms with Gasteiger partial charge in [-0.05, 0) is 13.8 Å². The molecule has 0 aliphatic carbocycles. The van der Waals surface area contributed by atoms with E-state index in [0.29, 0.717) is 12.4 Å². The molecule has 0 fully saturated rings. The highest BCUT2D eigenvalue weighted by Crippen LogP contribution is 1.85. The monoisotopic (exact) mass is 145 g/mol. The van der Waals surface area contributed by atoms with E-state index in [1.165, 1.54) is 0 Å². The van der Waals surface area contributed by atoms with E-state index in [4.69, 9.17) is 10.6 Å². The van der Waals surface area contributed by atoms with Crippen molar-refractivity contribution in [3.05, 3.63) is 0 Å². The number of hydrazine groups is 1. The number of nitrogens with two attached hydrogens (primary N) is 1. The first-order chi connectivity index (χ1) is 4.70. The second kappa shape index (κ2) is 5.20. The molecule has 0 bridgehead atoms. The molecule has 0 unspecified atom stereocenters. The Morgan fingerprint density at radius 1 is 1.70 bits per heavy atom. The quantitative estimate of drug-likeness (QED) is 0.252. The van der Waals surface area contributed by atoms with Gasteiger partial charge >= 0.3 is 0 Å². The van der Waals surface area contributed by atoms with Gasteiger partial charge in [0.2, 0.25) is 0 Å². The molecule has 0 saturated heterocycles. The first-order valence-corrected chi connectivity index (χ1v) is 3.23. The van der Waals surface area contributed by atoms with Gasteiger partial charge in [-0.25, -0.2) is 5.84 Å². The van der Waals surface area contributed by atoms with Crippen LogP contribution in [0.2, 0.25) is 0 Å². The van der Waals surface area contributed by atoms with Crippen LogP contribution in [-0.4, -0.2) is 25.6 Å². The predicted octanol–water partition coefficient (Wildman–Crippen LogP) is -0.0970. The zero-order valence-electron chi connectivity index (χ0n) is 6.72. The Bertz CT molecular complexity index is 112. The number of nitrogens with one attached hydrogen (secondary N) is 1. The van der Waals surface area contributed by atoms with Crippen molar-refractivity contribution in [3.63, 3.8) is 0 Å². The summed E-state index contributed by atoms with van der Waals surface area (Å²) in [5.41, 5.74) is 2.46. The van der Waals surface area contributed by atoms with Crippen molar-refractivity contribution >= 4 is 5.84 Å². The van der Waals surface area contributed by atoms with Crippen LogP contribution in [0.15, 0.2) is 4.99 Å². The van der Waals surface area contributed by atoms with E-state index in [9.17, 15) is 0 Å². The van der Waals surface area contributed by atoms with E-state index in [1.54, 1.807) is 7.11 Å². The average molecular weight is 145 g/mol. The highest BCUT2D eigenvalue weighted by molar-refractivity contribution is 5.82. The molecule has 0 rings (SSSR count). The largest absolute Gasteiger partial charge is 0.377 e. The molecule has 4 nitrogen and oxygen atoms in total. The van der Waals surface area contributed by atoms with Crippen molar-refractivity contribution in [2.45, 2.75) is 19.9 Å². The molecule has 0 atom stereocenters. The van der Waals surface area contributed by atoms with E-state index in [0.717, 1.165) is 0 Å². The second-order valence-corrected chi connectivity index (χ2v) is 2.25. The molecule has 60 valence electrons. The van der Waals surface area contributed by atoms with Crippen molar-refractivity contribution in [1.29, 1.82) is 0 Å². The summed E-state index contributed by atoms with van der Waals surface area (Å²) in [6, 6.07) is 0.251. The number of aliphatic imine (C=N–C) groups is 1. The van der Waals surface area contributed by atoms with E-state index in [1.807, 2.05) is 13.8 Å². The van der Waals surface area contributed by atoms with Crippen molar-refractivity contribution in [2.75, 3.05) is 13.7 Å². The number of amidine groups is 1. The van der Waals surface area contributed by atoms with Gasteiger partial charge in [-0.1, -0.05) is 0 Å². The van der Waals surface area contributed by atoms with Gasteiger partial charge in [0.15, 0.2) is 0 Å². The fraction of sp³-hybridized carbons (Fsp3) is 0.833. The van der Waals surface area contributed by atoms with Gasteiger partial charge < -0.3 is 10.2 Å². The summed E-state index contributed by atoms with van der Waals surface area (Å²) < 4.78 is 4.82. The third kappa shape index (κ3) is 4.29. The highest BCUT2D eigenvalue weighted by atomic mass is 16.5. The van der Waals surface area contributed by atoms with E-state index in [-0.39, 0.29) is 6.04 Å². The molecular formula is C6H15N3O. The lowest BCUT2D eigenvalue weighted by atomic mass is 10.4.